The van der Waals surface area contributed by atoms with Crippen LogP contribution in [0.25, 0.3) is 0 Å². The van der Waals surface area contributed by atoms with Gasteiger partial charge in [0.2, 0.25) is 5.91 Å². The van der Waals surface area contributed by atoms with Gasteiger partial charge in [-0.25, -0.2) is 0 Å². The van der Waals surface area contributed by atoms with Crippen molar-refractivity contribution in [2.45, 2.75) is 39.7 Å². The van der Waals surface area contributed by atoms with E-state index in [1.807, 2.05) is 20.8 Å². The van der Waals surface area contributed by atoms with Gasteiger partial charge in [0.1, 0.15) is 0 Å². The quantitative estimate of drug-likeness (QED) is 0.747. The fourth-order valence-electron chi connectivity index (χ4n) is 1.74. The first-order valence-electron chi connectivity index (χ1n) is 7.12. The summed E-state index contributed by atoms with van der Waals surface area (Å²) in [6.45, 7) is 6.77. The van der Waals surface area contributed by atoms with Gasteiger partial charge in [-0.15, -0.1) is 0 Å². The predicted octanol–water partition coefficient (Wildman–Crippen LogP) is 3.31. The van der Waals surface area contributed by atoms with Crippen molar-refractivity contribution in [2.24, 2.45) is 5.73 Å². The van der Waals surface area contributed by atoms with Crippen LogP contribution in [0.1, 0.15) is 33.6 Å². The summed E-state index contributed by atoms with van der Waals surface area (Å²) in [7, 11) is 0. The Bertz CT molecular complexity index is 478. The van der Waals surface area contributed by atoms with Crippen LogP contribution in [0.5, 0.6) is 11.5 Å². The van der Waals surface area contributed by atoms with Crippen LogP contribution in [0.2, 0.25) is 0 Å². The van der Waals surface area contributed by atoms with Gasteiger partial charge in [-0.3, -0.25) is 4.79 Å². The van der Waals surface area contributed by atoms with Gasteiger partial charge in [0.15, 0.2) is 11.5 Å². The predicted molar refractivity (Wildman–Crippen MR) is 88.0 cm³/mol. The lowest BCUT2D eigenvalue weighted by atomic mass is 10.2. The highest BCUT2D eigenvalue weighted by molar-refractivity contribution is 9.10. The molecule has 0 heterocycles. The smallest absolute Gasteiger partial charge is 0.224 e. The summed E-state index contributed by atoms with van der Waals surface area (Å²) in [5, 5.41) is 2.86. The Labute approximate surface area is 134 Å². The lowest BCUT2D eigenvalue weighted by Crippen LogP contribution is -2.19. The number of carbonyl (C=O) groups excluding carboxylic acids is 1. The van der Waals surface area contributed by atoms with Crippen molar-refractivity contribution in [3.8, 4) is 11.5 Å². The Balaban J connectivity index is 2.86. The van der Waals surface area contributed by atoms with E-state index in [1.54, 1.807) is 12.1 Å². The molecule has 1 aromatic carbocycles. The first-order valence-corrected chi connectivity index (χ1v) is 7.91. The minimum Gasteiger partial charge on any atom is -0.490 e. The molecule has 0 bridgehead atoms. The van der Waals surface area contributed by atoms with E-state index in [0.717, 1.165) is 4.47 Å². The molecule has 0 aliphatic heterocycles. The van der Waals surface area contributed by atoms with E-state index in [9.17, 15) is 4.79 Å². The van der Waals surface area contributed by atoms with Gasteiger partial charge in [0.25, 0.3) is 0 Å². The molecule has 1 amide bonds. The number of carbonyl (C=O) groups is 1. The molecule has 3 N–H and O–H groups in total. The topological polar surface area (TPSA) is 73.6 Å². The number of nitrogens with one attached hydrogen (secondary N) is 1. The van der Waals surface area contributed by atoms with E-state index >= 15 is 0 Å². The maximum atomic E-state index is 11.9. The average Bonchev–Trinajstić information content (AvgIpc) is 2.42. The van der Waals surface area contributed by atoms with Crippen LogP contribution in [0.4, 0.5) is 5.69 Å². The second-order valence-electron chi connectivity index (χ2n) is 4.71. The Morgan fingerprint density at radius 1 is 1.29 bits per heavy atom. The molecule has 0 fully saturated rings. The Morgan fingerprint density at radius 2 is 1.86 bits per heavy atom. The van der Waals surface area contributed by atoms with Gasteiger partial charge in [0, 0.05) is 29.1 Å². The molecule has 0 saturated carbocycles. The number of amides is 1. The van der Waals surface area contributed by atoms with Crippen LogP contribution < -0.4 is 20.5 Å². The molecule has 1 unspecified atom stereocenters. The third-order valence-corrected chi connectivity index (χ3v) is 3.39. The second kappa shape index (κ2) is 8.89. The molecule has 21 heavy (non-hydrogen) atoms. The van der Waals surface area contributed by atoms with Crippen molar-refractivity contribution >= 4 is 27.5 Å². The SMILES string of the molecule is CCOc1cc(Br)c(NC(=O)CCC(C)N)cc1OCC. The molecule has 6 heteroatoms. The summed E-state index contributed by atoms with van der Waals surface area (Å²) in [5.74, 6) is 1.20. The molecular formula is C15H23BrN2O3. The van der Waals surface area contributed by atoms with Gasteiger partial charge in [-0.1, -0.05) is 0 Å². The lowest BCUT2D eigenvalue weighted by molar-refractivity contribution is -0.116. The summed E-state index contributed by atoms with van der Waals surface area (Å²) in [6.07, 6.45) is 1.04. The summed E-state index contributed by atoms with van der Waals surface area (Å²) >= 11 is 3.44. The first-order chi connectivity index (χ1) is 9.97. The molecule has 0 spiro atoms. The number of nitrogens with two attached hydrogens (primary N) is 1. The van der Waals surface area contributed by atoms with Crippen molar-refractivity contribution in [3.63, 3.8) is 0 Å². The van der Waals surface area contributed by atoms with Crippen LogP contribution in [0, 0.1) is 0 Å². The summed E-state index contributed by atoms with van der Waals surface area (Å²) in [6, 6.07) is 3.58. The normalized spacial score (nSPS) is 11.9. The zero-order valence-corrected chi connectivity index (χ0v) is 14.3. The molecule has 0 aliphatic carbocycles. The minimum absolute atomic E-state index is 0.0125. The monoisotopic (exact) mass is 358 g/mol. The zero-order chi connectivity index (χ0) is 15.8. The number of ether oxygens (including phenoxy) is 2. The zero-order valence-electron chi connectivity index (χ0n) is 12.7. The van der Waals surface area contributed by atoms with E-state index in [0.29, 0.717) is 43.2 Å². The molecule has 118 valence electrons. The minimum atomic E-state index is -0.0698. The third kappa shape index (κ3) is 5.93. The highest BCUT2D eigenvalue weighted by atomic mass is 79.9. The van der Waals surface area contributed by atoms with E-state index in [1.165, 1.54) is 0 Å². The molecule has 0 aliphatic rings. The van der Waals surface area contributed by atoms with E-state index in [-0.39, 0.29) is 11.9 Å². The molecule has 0 aromatic heterocycles. The molecule has 0 radical (unpaired) electrons. The van der Waals surface area contributed by atoms with Gasteiger partial charge in [-0.05, 0) is 43.1 Å². The molecule has 0 saturated heterocycles. The maximum absolute atomic E-state index is 11.9. The number of anilines is 1. The van der Waals surface area contributed by atoms with Crippen LogP contribution in [0.3, 0.4) is 0 Å². The van der Waals surface area contributed by atoms with Crippen LogP contribution in [-0.2, 0) is 4.79 Å². The number of hydrogen-bond donors (Lipinski definition) is 2. The first kappa shape index (κ1) is 17.8. The summed E-state index contributed by atoms with van der Waals surface area (Å²) in [5.41, 5.74) is 6.32. The molecular weight excluding hydrogens is 336 g/mol. The van der Waals surface area contributed by atoms with Crippen LogP contribution in [0.15, 0.2) is 16.6 Å². The summed E-state index contributed by atoms with van der Waals surface area (Å²) < 4.78 is 11.8. The Hall–Kier alpha value is -1.27. The van der Waals surface area contributed by atoms with Gasteiger partial charge >= 0.3 is 0 Å². The van der Waals surface area contributed by atoms with E-state index < -0.39 is 0 Å². The van der Waals surface area contributed by atoms with E-state index in [4.69, 9.17) is 15.2 Å². The van der Waals surface area contributed by atoms with Crippen molar-refractivity contribution in [1.29, 1.82) is 0 Å². The number of benzene rings is 1. The van der Waals surface area contributed by atoms with Crippen LogP contribution in [-0.4, -0.2) is 25.2 Å². The van der Waals surface area contributed by atoms with Crippen molar-refractivity contribution in [3.05, 3.63) is 16.6 Å². The maximum Gasteiger partial charge on any atom is 0.224 e. The highest BCUT2D eigenvalue weighted by Crippen LogP contribution is 2.36. The van der Waals surface area contributed by atoms with Crippen molar-refractivity contribution < 1.29 is 14.3 Å². The fourth-order valence-corrected chi connectivity index (χ4v) is 2.16. The fraction of sp³-hybridized carbons (Fsp3) is 0.533. The number of halogens is 1. The second-order valence-corrected chi connectivity index (χ2v) is 5.56. The standard InChI is InChI=1S/C15H23BrN2O3/c1-4-20-13-8-11(16)12(9-14(13)21-5-2)18-15(19)7-6-10(3)17/h8-10H,4-7,17H2,1-3H3,(H,18,19). The van der Waals surface area contributed by atoms with Gasteiger partial charge < -0.3 is 20.5 Å². The number of rotatable bonds is 8. The summed E-state index contributed by atoms with van der Waals surface area (Å²) in [4.78, 5) is 11.9. The highest BCUT2D eigenvalue weighted by Gasteiger charge is 2.13. The largest absolute Gasteiger partial charge is 0.490 e. The van der Waals surface area contributed by atoms with Gasteiger partial charge in [-0.2, -0.15) is 0 Å². The van der Waals surface area contributed by atoms with E-state index in [2.05, 4.69) is 21.2 Å². The third-order valence-electron chi connectivity index (χ3n) is 2.73. The molecule has 1 atom stereocenters. The Morgan fingerprint density at radius 3 is 2.38 bits per heavy atom. The molecule has 1 rings (SSSR count). The van der Waals surface area contributed by atoms with Crippen molar-refractivity contribution in [2.75, 3.05) is 18.5 Å². The van der Waals surface area contributed by atoms with Gasteiger partial charge in [0.05, 0.1) is 18.9 Å². The van der Waals surface area contributed by atoms with Crippen LogP contribution >= 0.6 is 15.9 Å². The molecule has 5 nitrogen and oxygen atoms in total. The average molecular weight is 359 g/mol. The molecule has 1 aromatic rings. The lowest BCUT2D eigenvalue weighted by Gasteiger charge is -2.15. The van der Waals surface area contributed by atoms with Crippen molar-refractivity contribution in [1.82, 2.24) is 0 Å². The number of hydrogen-bond acceptors (Lipinski definition) is 4. The Kier molecular flexibility index (Phi) is 7.53.